The van der Waals surface area contributed by atoms with Crippen LogP contribution in [0.5, 0.6) is 0 Å². The fourth-order valence-corrected chi connectivity index (χ4v) is 1.74. The lowest BCUT2D eigenvalue weighted by atomic mass is 9.60. The average molecular weight is 186 g/mol. The molecular weight excluding hydrogens is 171 g/mol. The van der Waals surface area contributed by atoms with E-state index in [1.54, 1.807) is 0 Å². The highest BCUT2D eigenvalue weighted by Crippen LogP contribution is 2.20. The summed E-state index contributed by atoms with van der Waals surface area (Å²) >= 11 is 0. The highest BCUT2D eigenvalue weighted by Gasteiger charge is 2.16. The topological polar surface area (TPSA) is 15.3 Å². The molecule has 0 fully saturated rings. The first-order valence-corrected chi connectivity index (χ1v) is 4.94. The maximum atomic E-state index is 3.50. The van der Waals surface area contributed by atoms with Crippen molar-refractivity contribution in [3.05, 3.63) is 35.8 Å². The van der Waals surface area contributed by atoms with Gasteiger partial charge in [0.2, 0.25) is 0 Å². The standard InChI is InChI=1S/C11H15BN2/c1-14(2)9-12-8-7-10-5-3-4-6-11(10)13-12/h3-8,13H,9H2,1-2H3. The van der Waals surface area contributed by atoms with Crippen LogP contribution < -0.4 is 5.23 Å². The predicted octanol–water partition coefficient (Wildman–Crippen LogP) is 1.76. The van der Waals surface area contributed by atoms with E-state index in [1.807, 2.05) is 0 Å². The Hall–Kier alpha value is -1.22. The number of para-hydroxylation sites is 1. The summed E-state index contributed by atoms with van der Waals surface area (Å²) < 4.78 is 0. The van der Waals surface area contributed by atoms with E-state index in [-0.39, 0.29) is 0 Å². The molecule has 14 heavy (non-hydrogen) atoms. The first-order chi connectivity index (χ1) is 6.75. The van der Waals surface area contributed by atoms with E-state index in [2.05, 4.69) is 60.5 Å². The first-order valence-electron chi connectivity index (χ1n) is 4.94. The molecule has 0 aliphatic carbocycles. The molecule has 0 bridgehead atoms. The van der Waals surface area contributed by atoms with Crippen molar-refractivity contribution in [1.29, 1.82) is 0 Å². The van der Waals surface area contributed by atoms with Crippen LogP contribution in [0.3, 0.4) is 0 Å². The van der Waals surface area contributed by atoms with Crippen molar-refractivity contribution in [2.45, 2.75) is 0 Å². The third-order valence-corrected chi connectivity index (χ3v) is 2.37. The Morgan fingerprint density at radius 1 is 1.29 bits per heavy atom. The molecule has 72 valence electrons. The quantitative estimate of drug-likeness (QED) is 0.708. The van der Waals surface area contributed by atoms with Crippen molar-refractivity contribution in [3.63, 3.8) is 0 Å². The van der Waals surface area contributed by atoms with Crippen LogP contribution in [-0.2, 0) is 0 Å². The summed E-state index contributed by atoms with van der Waals surface area (Å²) in [4.78, 5) is 2.19. The molecule has 0 spiro atoms. The lowest BCUT2D eigenvalue weighted by Crippen LogP contribution is -2.36. The van der Waals surface area contributed by atoms with Crippen molar-refractivity contribution in [2.24, 2.45) is 0 Å². The minimum Gasteiger partial charge on any atom is -0.423 e. The summed E-state index contributed by atoms with van der Waals surface area (Å²) in [5.74, 6) is 2.22. The van der Waals surface area contributed by atoms with Crippen LogP contribution in [0.2, 0.25) is 0 Å². The molecule has 0 atom stereocenters. The predicted molar refractivity (Wildman–Crippen MR) is 63.4 cm³/mol. The second-order valence-corrected chi connectivity index (χ2v) is 3.96. The summed E-state index contributed by atoms with van der Waals surface area (Å²) in [6.07, 6.45) is 3.23. The number of nitrogens with one attached hydrogen (secondary N) is 1. The molecule has 1 heterocycles. The summed E-state index contributed by atoms with van der Waals surface area (Å²) in [5, 5.41) is 3.50. The molecule has 1 aliphatic heterocycles. The van der Waals surface area contributed by atoms with Gasteiger partial charge in [0.15, 0.2) is 0 Å². The van der Waals surface area contributed by atoms with Gasteiger partial charge in [0.1, 0.15) is 0 Å². The van der Waals surface area contributed by atoms with Gasteiger partial charge in [-0.3, -0.25) is 0 Å². The fraction of sp³-hybridized carbons (Fsp3) is 0.273. The van der Waals surface area contributed by atoms with Gasteiger partial charge in [-0.05, 0) is 25.7 Å². The molecule has 1 aromatic rings. The Morgan fingerprint density at radius 3 is 2.86 bits per heavy atom. The lowest BCUT2D eigenvalue weighted by molar-refractivity contribution is 0.475. The zero-order chi connectivity index (χ0) is 9.97. The van der Waals surface area contributed by atoms with Crippen molar-refractivity contribution >= 4 is 18.6 Å². The van der Waals surface area contributed by atoms with Crippen LogP contribution in [0, 0.1) is 0 Å². The van der Waals surface area contributed by atoms with E-state index in [9.17, 15) is 0 Å². The monoisotopic (exact) mass is 186 g/mol. The highest BCUT2D eigenvalue weighted by molar-refractivity contribution is 6.69. The number of rotatable bonds is 2. The Morgan fingerprint density at radius 2 is 2.07 bits per heavy atom. The molecular formula is C11H15BN2. The van der Waals surface area contributed by atoms with Crippen LogP contribution in [-0.4, -0.2) is 32.3 Å². The maximum Gasteiger partial charge on any atom is 0.293 e. The molecule has 2 nitrogen and oxygen atoms in total. The molecule has 3 heteroatoms. The second kappa shape index (κ2) is 3.88. The zero-order valence-corrected chi connectivity index (χ0v) is 8.70. The van der Waals surface area contributed by atoms with Gasteiger partial charge in [0, 0.05) is 12.1 Å². The van der Waals surface area contributed by atoms with E-state index < -0.39 is 0 Å². The van der Waals surface area contributed by atoms with Crippen molar-refractivity contribution < 1.29 is 0 Å². The van der Waals surface area contributed by atoms with E-state index in [0.29, 0.717) is 6.85 Å². The largest absolute Gasteiger partial charge is 0.423 e. The average Bonchev–Trinajstić information content (AvgIpc) is 2.17. The summed E-state index contributed by atoms with van der Waals surface area (Å²) in [7, 11) is 4.19. The fourth-order valence-electron chi connectivity index (χ4n) is 1.74. The van der Waals surface area contributed by atoms with E-state index in [0.717, 1.165) is 6.44 Å². The van der Waals surface area contributed by atoms with E-state index in [1.165, 1.54) is 11.3 Å². The zero-order valence-electron chi connectivity index (χ0n) is 8.70. The molecule has 0 radical (unpaired) electrons. The van der Waals surface area contributed by atoms with Crippen LogP contribution in [0.1, 0.15) is 5.56 Å². The third kappa shape index (κ3) is 1.99. The van der Waals surface area contributed by atoms with Gasteiger partial charge in [-0.15, -0.1) is 0 Å². The Labute approximate surface area is 85.7 Å². The molecule has 0 aromatic heterocycles. The smallest absolute Gasteiger partial charge is 0.293 e. The van der Waals surface area contributed by atoms with E-state index >= 15 is 0 Å². The molecule has 0 unspecified atom stereocenters. The van der Waals surface area contributed by atoms with Gasteiger partial charge in [-0.25, -0.2) is 0 Å². The Balaban J connectivity index is 2.13. The van der Waals surface area contributed by atoms with Gasteiger partial charge >= 0.3 is 0 Å². The van der Waals surface area contributed by atoms with Crippen LogP contribution in [0.15, 0.2) is 30.2 Å². The van der Waals surface area contributed by atoms with E-state index in [4.69, 9.17) is 0 Å². The Bertz CT molecular complexity index is 347. The summed E-state index contributed by atoms with van der Waals surface area (Å²) in [6.45, 7) is 0.430. The van der Waals surface area contributed by atoms with Crippen molar-refractivity contribution in [2.75, 3.05) is 25.8 Å². The normalized spacial score (nSPS) is 14.1. The number of benzene rings is 1. The minimum atomic E-state index is 0.430. The van der Waals surface area contributed by atoms with Gasteiger partial charge < -0.3 is 10.1 Å². The number of hydrogen-bond acceptors (Lipinski definition) is 2. The summed E-state index contributed by atoms with van der Waals surface area (Å²) in [5.41, 5.74) is 2.52. The molecule has 1 aliphatic rings. The number of hydrogen-bond donors (Lipinski definition) is 1. The number of anilines is 1. The molecule has 2 rings (SSSR count). The van der Waals surface area contributed by atoms with Crippen molar-refractivity contribution in [3.8, 4) is 0 Å². The summed E-state index contributed by atoms with van der Waals surface area (Å²) in [6, 6.07) is 8.39. The number of fused-ring (bicyclic) bond motifs is 1. The second-order valence-electron chi connectivity index (χ2n) is 3.96. The lowest BCUT2D eigenvalue weighted by Gasteiger charge is -2.21. The van der Waals surface area contributed by atoms with Crippen molar-refractivity contribution in [1.82, 2.24) is 4.90 Å². The Kier molecular flexibility index (Phi) is 2.59. The molecule has 1 N–H and O–H groups in total. The van der Waals surface area contributed by atoms with Gasteiger partial charge in [0.05, 0.1) is 0 Å². The van der Waals surface area contributed by atoms with Crippen LogP contribution in [0.4, 0.5) is 5.69 Å². The maximum absolute atomic E-state index is 3.50. The first kappa shape index (κ1) is 9.34. The van der Waals surface area contributed by atoms with Gasteiger partial charge in [-0.1, -0.05) is 30.3 Å². The molecule has 0 saturated heterocycles. The number of nitrogens with zero attached hydrogens (tertiary/aromatic N) is 1. The minimum absolute atomic E-state index is 0.430. The SMILES string of the molecule is CN(C)CB1C=Cc2ccccc2N1. The molecule has 0 saturated carbocycles. The molecule has 0 amide bonds. The van der Waals surface area contributed by atoms with Gasteiger partial charge in [0.25, 0.3) is 6.85 Å². The van der Waals surface area contributed by atoms with Gasteiger partial charge in [-0.2, -0.15) is 0 Å². The molecule has 1 aromatic carbocycles. The van der Waals surface area contributed by atoms with Crippen LogP contribution in [0.25, 0.3) is 6.08 Å². The third-order valence-electron chi connectivity index (χ3n) is 2.37. The van der Waals surface area contributed by atoms with Crippen LogP contribution >= 0.6 is 0 Å². The highest BCUT2D eigenvalue weighted by atomic mass is 15.1.